The first-order valence-electron chi connectivity index (χ1n) is 9.44. The van der Waals surface area contributed by atoms with Gasteiger partial charge in [0.1, 0.15) is 0 Å². The molecule has 30 heavy (non-hydrogen) atoms. The Morgan fingerprint density at radius 2 is 2.10 bits per heavy atom. The molecule has 1 aromatic carbocycles. The van der Waals surface area contributed by atoms with E-state index in [9.17, 15) is 18.0 Å². The second kappa shape index (κ2) is 9.38. The molecular weight excluding hydrogens is 417 g/mol. The highest BCUT2D eigenvalue weighted by molar-refractivity contribution is 7.15. The number of aromatic nitrogens is 3. The van der Waals surface area contributed by atoms with Crippen LogP contribution in [0.15, 0.2) is 35.0 Å². The van der Waals surface area contributed by atoms with Crippen molar-refractivity contribution in [3.8, 4) is 0 Å². The number of aryl methyl sites for hydroxylation is 1. The van der Waals surface area contributed by atoms with Gasteiger partial charge in [-0.1, -0.05) is 37.2 Å². The zero-order valence-electron chi connectivity index (χ0n) is 16.5. The molecule has 6 nitrogen and oxygen atoms in total. The number of halogens is 3. The third-order valence-electron chi connectivity index (χ3n) is 4.23. The van der Waals surface area contributed by atoms with E-state index < -0.39 is 11.7 Å². The molecule has 2 heterocycles. The lowest BCUT2D eigenvalue weighted by Crippen LogP contribution is -2.11. The number of hydrogen-bond acceptors (Lipinski definition) is 6. The van der Waals surface area contributed by atoms with Gasteiger partial charge in [-0.25, -0.2) is 4.98 Å². The van der Waals surface area contributed by atoms with E-state index >= 15 is 0 Å². The molecule has 0 saturated heterocycles. The standard InChI is InChI=1S/C20H21F3N4O2S/c1-12(2)18-26-17(29-27-18)8-4-7-16(28)25-19-24-11-15(30-19)10-13-5-3-6-14(9-13)20(21,22)23/h3,5-6,9,11-12H,4,7-8,10H2,1-2H3,(H,24,25,28). The summed E-state index contributed by atoms with van der Waals surface area (Å²) in [6, 6.07) is 5.19. The van der Waals surface area contributed by atoms with Crippen LogP contribution in [0.1, 0.15) is 60.3 Å². The fraction of sp³-hybridized carbons (Fsp3) is 0.400. The van der Waals surface area contributed by atoms with Crippen molar-refractivity contribution in [1.29, 1.82) is 0 Å². The van der Waals surface area contributed by atoms with Gasteiger partial charge in [-0.05, 0) is 18.1 Å². The van der Waals surface area contributed by atoms with Gasteiger partial charge in [0.15, 0.2) is 11.0 Å². The summed E-state index contributed by atoms with van der Waals surface area (Å²) in [6.45, 7) is 3.94. The van der Waals surface area contributed by atoms with E-state index in [1.807, 2.05) is 13.8 Å². The molecule has 0 atom stereocenters. The molecule has 0 radical (unpaired) electrons. The number of alkyl halides is 3. The van der Waals surface area contributed by atoms with Gasteiger partial charge < -0.3 is 9.84 Å². The number of rotatable bonds is 8. The molecule has 3 rings (SSSR count). The molecule has 1 amide bonds. The second-order valence-electron chi connectivity index (χ2n) is 7.11. The van der Waals surface area contributed by atoms with Crippen molar-refractivity contribution in [2.75, 3.05) is 5.32 Å². The summed E-state index contributed by atoms with van der Waals surface area (Å²) in [4.78, 5) is 21.3. The van der Waals surface area contributed by atoms with Gasteiger partial charge >= 0.3 is 6.18 Å². The SMILES string of the molecule is CC(C)c1noc(CCCC(=O)Nc2ncc(Cc3cccc(C(F)(F)F)c3)s2)n1. The van der Waals surface area contributed by atoms with Gasteiger partial charge in [0.2, 0.25) is 11.8 Å². The Kier molecular flexibility index (Phi) is 6.86. The monoisotopic (exact) mass is 438 g/mol. The molecule has 2 aromatic heterocycles. The number of thiazole rings is 1. The molecule has 0 bridgehead atoms. The van der Waals surface area contributed by atoms with Crippen LogP contribution in [0.2, 0.25) is 0 Å². The molecule has 160 valence electrons. The van der Waals surface area contributed by atoms with Gasteiger partial charge in [0, 0.05) is 36.3 Å². The van der Waals surface area contributed by atoms with Crippen molar-refractivity contribution in [2.24, 2.45) is 0 Å². The lowest BCUT2D eigenvalue weighted by molar-refractivity contribution is -0.137. The van der Waals surface area contributed by atoms with Gasteiger partial charge in [-0.15, -0.1) is 11.3 Å². The molecule has 3 aromatic rings. The molecule has 0 unspecified atom stereocenters. The molecule has 0 fully saturated rings. The lowest BCUT2D eigenvalue weighted by Gasteiger charge is -2.07. The van der Waals surface area contributed by atoms with Gasteiger partial charge in [0.25, 0.3) is 0 Å². The molecule has 0 aliphatic carbocycles. The van der Waals surface area contributed by atoms with E-state index in [1.54, 1.807) is 12.3 Å². The maximum atomic E-state index is 12.8. The summed E-state index contributed by atoms with van der Waals surface area (Å²) >= 11 is 1.24. The van der Waals surface area contributed by atoms with Crippen molar-refractivity contribution in [2.45, 2.75) is 51.6 Å². The van der Waals surface area contributed by atoms with Crippen LogP contribution in [-0.2, 0) is 23.8 Å². The smallest absolute Gasteiger partial charge is 0.339 e. The quantitative estimate of drug-likeness (QED) is 0.521. The predicted molar refractivity (Wildman–Crippen MR) is 106 cm³/mol. The predicted octanol–water partition coefficient (Wildman–Crippen LogP) is 5.22. The van der Waals surface area contributed by atoms with E-state index in [4.69, 9.17) is 4.52 Å². The summed E-state index contributed by atoms with van der Waals surface area (Å²) in [5.74, 6) is 1.13. The van der Waals surface area contributed by atoms with E-state index in [2.05, 4.69) is 20.4 Å². The van der Waals surface area contributed by atoms with Gasteiger partial charge in [0.05, 0.1) is 5.56 Å². The number of nitrogens with one attached hydrogen (secondary N) is 1. The van der Waals surface area contributed by atoms with Crippen molar-refractivity contribution in [3.05, 3.63) is 58.2 Å². The fourth-order valence-corrected chi connectivity index (χ4v) is 3.55. The summed E-state index contributed by atoms with van der Waals surface area (Å²) in [5.41, 5.74) is -0.147. The number of carbonyl (C=O) groups is 1. The summed E-state index contributed by atoms with van der Waals surface area (Å²) in [7, 11) is 0. The summed E-state index contributed by atoms with van der Waals surface area (Å²) < 4.78 is 43.6. The fourth-order valence-electron chi connectivity index (χ4n) is 2.69. The zero-order chi connectivity index (χ0) is 21.7. The summed E-state index contributed by atoms with van der Waals surface area (Å²) in [5, 5.41) is 7.01. The largest absolute Gasteiger partial charge is 0.416 e. The van der Waals surface area contributed by atoms with Crippen molar-refractivity contribution < 1.29 is 22.5 Å². The Morgan fingerprint density at radius 3 is 2.80 bits per heavy atom. The van der Waals surface area contributed by atoms with Crippen LogP contribution in [0.5, 0.6) is 0 Å². The average Bonchev–Trinajstić information content (AvgIpc) is 3.31. The second-order valence-corrected chi connectivity index (χ2v) is 8.22. The van der Waals surface area contributed by atoms with Crippen LogP contribution in [-0.4, -0.2) is 21.0 Å². The minimum absolute atomic E-state index is 0.181. The first kappa shape index (κ1) is 21.9. The molecule has 10 heteroatoms. The number of anilines is 1. The average molecular weight is 438 g/mol. The third-order valence-corrected chi connectivity index (χ3v) is 5.14. The molecule has 1 N–H and O–H groups in total. The van der Waals surface area contributed by atoms with Crippen LogP contribution in [0, 0.1) is 0 Å². The minimum Gasteiger partial charge on any atom is -0.339 e. The lowest BCUT2D eigenvalue weighted by atomic mass is 10.1. The Hall–Kier alpha value is -2.75. The van der Waals surface area contributed by atoms with Crippen LogP contribution in [0.25, 0.3) is 0 Å². The topological polar surface area (TPSA) is 80.9 Å². The van der Waals surface area contributed by atoms with Crippen molar-refractivity contribution in [3.63, 3.8) is 0 Å². The number of benzene rings is 1. The Bertz CT molecular complexity index is 998. The minimum atomic E-state index is -4.37. The number of amides is 1. The Morgan fingerprint density at radius 1 is 1.30 bits per heavy atom. The van der Waals surface area contributed by atoms with Crippen LogP contribution in [0.4, 0.5) is 18.3 Å². The van der Waals surface area contributed by atoms with E-state index in [0.29, 0.717) is 41.7 Å². The van der Waals surface area contributed by atoms with Crippen molar-refractivity contribution >= 4 is 22.4 Å². The highest BCUT2D eigenvalue weighted by Gasteiger charge is 2.30. The Balaban J connectivity index is 1.48. The van der Waals surface area contributed by atoms with E-state index in [1.165, 1.54) is 17.4 Å². The van der Waals surface area contributed by atoms with E-state index in [-0.39, 0.29) is 18.2 Å². The van der Waals surface area contributed by atoms with Crippen LogP contribution >= 0.6 is 11.3 Å². The highest BCUT2D eigenvalue weighted by Crippen LogP contribution is 2.30. The van der Waals surface area contributed by atoms with E-state index in [0.717, 1.165) is 17.0 Å². The van der Waals surface area contributed by atoms with Gasteiger partial charge in [-0.3, -0.25) is 4.79 Å². The normalized spacial score (nSPS) is 11.8. The first-order chi connectivity index (χ1) is 14.2. The molecule has 0 saturated carbocycles. The van der Waals surface area contributed by atoms with Crippen LogP contribution < -0.4 is 5.32 Å². The number of carbonyl (C=O) groups excluding carboxylic acids is 1. The number of hydrogen-bond donors (Lipinski definition) is 1. The molecule has 0 aliphatic rings. The van der Waals surface area contributed by atoms with Crippen LogP contribution in [0.3, 0.4) is 0 Å². The highest BCUT2D eigenvalue weighted by atomic mass is 32.1. The number of nitrogens with zero attached hydrogens (tertiary/aromatic N) is 3. The molecule has 0 aliphatic heterocycles. The van der Waals surface area contributed by atoms with Gasteiger partial charge in [-0.2, -0.15) is 18.2 Å². The maximum absolute atomic E-state index is 12.8. The summed E-state index contributed by atoms with van der Waals surface area (Å²) in [6.07, 6.45) is -1.18. The third kappa shape index (κ3) is 6.12. The Labute approximate surface area is 175 Å². The molecular formula is C20H21F3N4O2S. The molecule has 0 spiro atoms. The first-order valence-corrected chi connectivity index (χ1v) is 10.3. The zero-order valence-corrected chi connectivity index (χ0v) is 17.3. The van der Waals surface area contributed by atoms with Crippen molar-refractivity contribution in [1.82, 2.24) is 15.1 Å². The maximum Gasteiger partial charge on any atom is 0.416 e.